The lowest BCUT2D eigenvalue weighted by molar-refractivity contribution is 0.0780. The van der Waals surface area contributed by atoms with Crippen LogP contribution in [-0.2, 0) is 4.74 Å². The molecule has 2 aliphatic heterocycles. The molecule has 0 aromatic heterocycles. The van der Waals surface area contributed by atoms with Crippen molar-refractivity contribution in [2.75, 3.05) is 51.4 Å². The lowest BCUT2D eigenvalue weighted by Crippen LogP contribution is -2.54. The molecule has 0 amide bonds. The van der Waals surface area contributed by atoms with Crippen molar-refractivity contribution in [3.05, 3.63) is 0 Å². The van der Waals surface area contributed by atoms with E-state index in [0.29, 0.717) is 9.49 Å². The molecule has 0 radical (unpaired) electrons. The van der Waals surface area contributed by atoms with Crippen LogP contribution in [0.15, 0.2) is 4.99 Å². The van der Waals surface area contributed by atoms with Crippen molar-refractivity contribution in [3.63, 3.8) is 0 Å². The highest BCUT2D eigenvalue weighted by molar-refractivity contribution is 8.00. The summed E-state index contributed by atoms with van der Waals surface area (Å²) in [6, 6.07) is 0. The van der Waals surface area contributed by atoms with Gasteiger partial charge in [0.1, 0.15) is 0 Å². The zero-order valence-corrected chi connectivity index (χ0v) is 16.1. The zero-order valence-electron chi connectivity index (χ0n) is 14.5. The number of hydrogen-bond donors (Lipinski definition) is 1. The Bertz CT molecular complexity index is 376. The third-order valence-electron chi connectivity index (χ3n) is 4.36. The SMILES string of the molecule is CCSC1(CNC(=NC)N2CCSC(C)(C)C2)CCOCC1. The predicted octanol–water partition coefficient (Wildman–Crippen LogP) is 2.69. The van der Waals surface area contributed by atoms with Crippen LogP contribution in [0.5, 0.6) is 0 Å². The number of ether oxygens (including phenoxy) is 1. The average Bonchev–Trinajstić information content (AvgIpc) is 2.48. The van der Waals surface area contributed by atoms with Gasteiger partial charge in [-0.2, -0.15) is 23.5 Å². The van der Waals surface area contributed by atoms with E-state index in [4.69, 9.17) is 4.74 Å². The van der Waals surface area contributed by atoms with Crippen LogP contribution >= 0.6 is 23.5 Å². The summed E-state index contributed by atoms with van der Waals surface area (Å²) in [5.41, 5.74) is 0. The largest absolute Gasteiger partial charge is 0.381 e. The highest BCUT2D eigenvalue weighted by Crippen LogP contribution is 2.35. The molecule has 2 saturated heterocycles. The molecule has 4 nitrogen and oxygen atoms in total. The van der Waals surface area contributed by atoms with E-state index in [1.54, 1.807) is 0 Å². The zero-order chi connectivity index (χ0) is 16.1. The minimum absolute atomic E-state index is 0.309. The summed E-state index contributed by atoms with van der Waals surface area (Å²) in [5, 5.41) is 3.66. The van der Waals surface area contributed by atoms with Crippen LogP contribution in [0.25, 0.3) is 0 Å². The molecular weight excluding hydrogens is 314 g/mol. The van der Waals surface area contributed by atoms with Gasteiger partial charge < -0.3 is 15.0 Å². The van der Waals surface area contributed by atoms with Crippen LogP contribution in [-0.4, -0.2) is 71.8 Å². The minimum Gasteiger partial charge on any atom is -0.381 e. The Morgan fingerprint density at radius 3 is 2.68 bits per heavy atom. The Balaban J connectivity index is 1.94. The van der Waals surface area contributed by atoms with E-state index in [9.17, 15) is 0 Å². The topological polar surface area (TPSA) is 36.9 Å². The number of nitrogens with zero attached hydrogens (tertiary/aromatic N) is 2. The van der Waals surface area contributed by atoms with Crippen LogP contribution in [0.1, 0.15) is 33.6 Å². The molecule has 6 heteroatoms. The first kappa shape index (κ1) is 18.3. The molecular formula is C16H31N3OS2. The fourth-order valence-electron chi connectivity index (χ4n) is 3.19. The maximum absolute atomic E-state index is 5.56. The monoisotopic (exact) mass is 345 g/mol. The van der Waals surface area contributed by atoms with Crippen molar-refractivity contribution >= 4 is 29.5 Å². The molecule has 0 aliphatic carbocycles. The van der Waals surface area contributed by atoms with Crippen molar-refractivity contribution in [3.8, 4) is 0 Å². The Morgan fingerprint density at radius 2 is 2.09 bits per heavy atom. The highest BCUT2D eigenvalue weighted by atomic mass is 32.2. The van der Waals surface area contributed by atoms with Gasteiger partial charge in [-0.1, -0.05) is 6.92 Å². The quantitative estimate of drug-likeness (QED) is 0.626. The van der Waals surface area contributed by atoms with Gasteiger partial charge in [0.25, 0.3) is 0 Å². The fraction of sp³-hybridized carbons (Fsp3) is 0.938. The second-order valence-electron chi connectivity index (χ2n) is 6.66. The summed E-state index contributed by atoms with van der Waals surface area (Å²) >= 11 is 4.14. The standard InChI is InChI=1S/C16H31N3OS2/c1-5-21-16(6-9-20-10-7-16)12-18-14(17-4)19-8-11-22-15(2,3)13-19/h5-13H2,1-4H3,(H,17,18). The summed E-state index contributed by atoms with van der Waals surface area (Å²) in [6.45, 7) is 11.8. The van der Waals surface area contributed by atoms with Gasteiger partial charge in [0.15, 0.2) is 5.96 Å². The second kappa shape index (κ2) is 8.15. The van der Waals surface area contributed by atoms with Gasteiger partial charge in [0, 0.05) is 55.1 Å². The lowest BCUT2D eigenvalue weighted by Gasteiger charge is -2.41. The van der Waals surface area contributed by atoms with Crippen LogP contribution in [0, 0.1) is 0 Å². The van der Waals surface area contributed by atoms with E-state index >= 15 is 0 Å². The van der Waals surface area contributed by atoms with Gasteiger partial charge in [-0.3, -0.25) is 4.99 Å². The highest BCUT2D eigenvalue weighted by Gasteiger charge is 2.34. The van der Waals surface area contributed by atoms with Crippen molar-refractivity contribution in [1.82, 2.24) is 10.2 Å². The van der Waals surface area contributed by atoms with Gasteiger partial charge in [-0.15, -0.1) is 0 Å². The van der Waals surface area contributed by atoms with Crippen LogP contribution in [0.4, 0.5) is 0 Å². The molecule has 22 heavy (non-hydrogen) atoms. The minimum atomic E-state index is 0.309. The average molecular weight is 346 g/mol. The molecule has 1 N–H and O–H groups in total. The number of aliphatic imine (C=N–C) groups is 1. The third kappa shape index (κ3) is 4.96. The lowest BCUT2D eigenvalue weighted by atomic mass is 9.99. The van der Waals surface area contributed by atoms with Gasteiger partial charge in [-0.05, 0) is 32.4 Å². The molecule has 0 saturated carbocycles. The molecule has 0 atom stereocenters. The first-order chi connectivity index (χ1) is 10.5. The molecule has 2 aliphatic rings. The maximum atomic E-state index is 5.56. The van der Waals surface area contributed by atoms with Crippen LogP contribution < -0.4 is 5.32 Å². The molecule has 2 heterocycles. The summed E-state index contributed by atoms with van der Waals surface area (Å²) in [7, 11) is 1.90. The van der Waals surface area contributed by atoms with Gasteiger partial charge in [-0.25, -0.2) is 0 Å². The molecule has 0 spiro atoms. The molecule has 0 unspecified atom stereocenters. The van der Waals surface area contributed by atoms with Gasteiger partial charge in [0.05, 0.1) is 0 Å². The van der Waals surface area contributed by atoms with Gasteiger partial charge in [0.2, 0.25) is 0 Å². The van der Waals surface area contributed by atoms with E-state index < -0.39 is 0 Å². The molecule has 0 aromatic carbocycles. The molecule has 0 bridgehead atoms. The van der Waals surface area contributed by atoms with Crippen molar-refractivity contribution in [1.29, 1.82) is 0 Å². The number of thioether (sulfide) groups is 2. The summed E-state index contributed by atoms with van der Waals surface area (Å²) in [6.07, 6.45) is 2.27. The Hall–Kier alpha value is -0.0700. The molecule has 2 rings (SSSR count). The van der Waals surface area contributed by atoms with Crippen LogP contribution in [0.2, 0.25) is 0 Å². The number of nitrogens with one attached hydrogen (secondary N) is 1. The smallest absolute Gasteiger partial charge is 0.193 e. The van der Waals surface area contributed by atoms with Crippen LogP contribution in [0.3, 0.4) is 0 Å². The van der Waals surface area contributed by atoms with Gasteiger partial charge >= 0.3 is 0 Å². The van der Waals surface area contributed by atoms with E-state index in [2.05, 4.69) is 59.5 Å². The van der Waals surface area contributed by atoms with E-state index in [-0.39, 0.29) is 0 Å². The maximum Gasteiger partial charge on any atom is 0.193 e. The van der Waals surface area contributed by atoms with Crippen molar-refractivity contribution in [2.45, 2.75) is 43.1 Å². The Kier molecular flexibility index (Phi) is 6.77. The first-order valence-electron chi connectivity index (χ1n) is 8.31. The summed E-state index contributed by atoms with van der Waals surface area (Å²) in [5.74, 6) is 3.40. The third-order valence-corrected chi connectivity index (χ3v) is 7.11. The van der Waals surface area contributed by atoms with Crippen molar-refractivity contribution < 1.29 is 4.74 Å². The predicted molar refractivity (Wildman–Crippen MR) is 100 cm³/mol. The first-order valence-corrected chi connectivity index (χ1v) is 10.3. The number of rotatable bonds is 4. The number of guanidine groups is 1. The number of hydrogen-bond acceptors (Lipinski definition) is 4. The fourth-order valence-corrected chi connectivity index (χ4v) is 5.54. The second-order valence-corrected chi connectivity index (χ2v) is 10.2. The Labute approximate surface area is 144 Å². The molecule has 0 aromatic rings. The van der Waals surface area contributed by atoms with Crippen molar-refractivity contribution in [2.24, 2.45) is 4.99 Å². The van der Waals surface area contributed by atoms with E-state index in [1.165, 1.54) is 5.75 Å². The van der Waals surface area contributed by atoms with E-state index in [0.717, 1.165) is 57.4 Å². The van der Waals surface area contributed by atoms with E-state index in [1.807, 2.05) is 7.05 Å². The summed E-state index contributed by atoms with van der Waals surface area (Å²) in [4.78, 5) is 6.95. The summed E-state index contributed by atoms with van der Waals surface area (Å²) < 4.78 is 6.18. The normalized spacial score (nSPS) is 25.1. The molecule has 2 fully saturated rings. The Morgan fingerprint density at radius 1 is 1.36 bits per heavy atom. The molecule has 128 valence electrons.